The molecule has 2 aromatic rings. The standard InChI is InChI=1S/C14H16N2O2S/c1-17-12-8-10(15)6-7-13(12)19-9-11-4-3-5-14(16-11)18-2/h3-8H,9,15H2,1-2H3. The van der Waals surface area contributed by atoms with Gasteiger partial charge in [-0.2, -0.15) is 0 Å². The molecule has 1 heterocycles. The Hall–Kier alpha value is -1.88. The van der Waals surface area contributed by atoms with Crippen molar-refractivity contribution in [3.63, 3.8) is 0 Å². The molecule has 0 fully saturated rings. The minimum absolute atomic E-state index is 0.627. The van der Waals surface area contributed by atoms with Crippen molar-refractivity contribution < 1.29 is 9.47 Å². The van der Waals surface area contributed by atoms with Crippen LogP contribution in [0.4, 0.5) is 5.69 Å². The van der Waals surface area contributed by atoms with Crippen molar-refractivity contribution in [1.82, 2.24) is 4.98 Å². The van der Waals surface area contributed by atoms with Crippen LogP contribution >= 0.6 is 11.8 Å². The molecule has 0 saturated heterocycles. The highest BCUT2D eigenvalue weighted by molar-refractivity contribution is 7.98. The number of aromatic nitrogens is 1. The van der Waals surface area contributed by atoms with Gasteiger partial charge in [0.15, 0.2) is 0 Å². The van der Waals surface area contributed by atoms with Gasteiger partial charge in [0.1, 0.15) is 5.75 Å². The minimum atomic E-state index is 0.627. The second-order valence-corrected chi connectivity index (χ2v) is 4.89. The number of anilines is 1. The molecule has 100 valence electrons. The Morgan fingerprint density at radius 3 is 2.74 bits per heavy atom. The Balaban J connectivity index is 2.09. The van der Waals surface area contributed by atoms with Gasteiger partial charge in [-0.3, -0.25) is 0 Å². The molecule has 0 unspecified atom stereocenters. The zero-order chi connectivity index (χ0) is 13.7. The van der Waals surface area contributed by atoms with Crippen LogP contribution in [0.15, 0.2) is 41.3 Å². The number of nitrogens with zero attached hydrogens (tertiary/aromatic N) is 1. The van der Waals surface area contributed by atoms with Crippen LogP contribution in [-0.4, -0.2) is 19.2 Å². The van der Waals surface area contributed by atoms with Crippen molar-refractivity contribution in [3.8, 4) is 11.6 Å². The van der Waals surface area contributed by atoms with Crippen molar-refractivity contribution in [2.45, 2.75) is 10.6 Å². The monoisotopic (exact) mass is 276 g/mol. The van der Waals surface area contributed by atoms with Crippen LogP contribution < -0.4 is 15.2 Å². The molecule has 0 aliphatic heterocycles. The summed E-state index contributed by atoms with van der Waals surface area (Å²) in [5.74, 6) is 2.16. The second-order valence-electron chi connectivity index (χ2n) is 3.87. The Morgan fingerprint density at radius 2 is 2.00 bits per heavy atom. The maximum absolute atomic E-state index is 5.73. The molecule has 0 spiro atoms. The Morgan fingerprint density at radius 1 is 1.16 bits per heavy atom. The average Bonchev–Trinajstić information content (AvgIpc) is 2.46. The number of rotatable bonds is 5. The first-order chi connectivity index (χ1) is 9.22. The van der Waals surface area contributed by atoms with Gasteiger partial charge in [-0.1, -0.05) is 6.07 Å². The van der Waals surface area contributed by atoms with Gasteiger partial charge in [-0.15, -0.1) is 11.8 Å². The fourth-order valence-electron chi connectivity index (χ4n) is 1.61. The highest BCUT2D eigenvalue weighted by Crippen LogP contribution is 2.32. The van der Waals surface area contributed by atoms with Gasteiger partial charge < -0.3 is 15.2 Å². The number of nitrogens with two attached hydrogens (primary N) is 1. The fourth-order valence-corrected chi connectivity index (χ4v) is 2.52. The molecule has 19 heavy (non-hydrogen) atoms. The van der Waals surface area contributed by atoms with E-state index < -0.39 is 0 Å². The topological polar surface area (TPSA) is 57.4 Å². The van der Waals surface area contributed by atoms with Gasteiger partial charge in [0.05, 0.1) is 19.9 Å². The molecular formula is C14H16N2O2S. The maximum Gasteiger partial charge on any atom is 0.213 e. The summed E-state index contributed by atoms with van der Waals surface area (Å²) in [7, 11) is 3.25. The van der Waals surface area contributed by atoms with E-state index in [9.17, 15) is 0 Å². The lowest BCUT2D eigenvalue weighted by molar-refractivity contribution is 0.397. The van der Waals surface area contributed by atoms with E-state index in [4.69, 9.17) is 15.2 Å². The third-order valence-electron chi connectivity index (χ3n) is 2.55. The minimum Gasteiger partial charge on any atom is -0.496 e. The van der Waals surface area contributed by atoms with Gasteiger partial charge in [0.25, 0.3) is 0 Å². The first-order valence-electron chi connectivity index (χ1n) is 5.79. The largest absolute Gasteiger partial charge is 0.496 e. The SMILES string of the molecule is COc1cccc(CSc2ccc(N)cc2OC)n1. The molecule has 5 heteroatoms. The molecule has 1 aromatic carbocycles. The maximum atomic E-state index is 5.73. The molecule has 0 atom stereocenters. The zero-order valence-electron chi connectivity index (χ0n) is 10.9. The summed E-state index contributed by atoms with van der Waals surface area (Å²) < 4.78 is 10.4. The van der Waals surface area contributed by atoms with Crippen molar-refractivity contribution in [2.24, 2.45) is 0 Å². The predicted octanol–water partition coefficient (Wildman–Crippen LogP) is 2.97. The smallest absolute Gasteiger partial charge is 0.213 e. The Bertz CT molecular complexity index is 561. The van der Waals surface area contributed by atoms with E-state index >= 15 is 0 Å². The van der Waals surface area contributed by atoms with Crippen molar-refractivity contribution in [2.75, 3.05) is 20.0 Å². The Kier molecular flexibility index (Phi) is 4.52. The van der Waals surface area contributed by atoms with Crippen LogP contribution in [0.25, 0.3) is 0 Å². The summed E-state index contributed by atoms with van der Waals surface area (Å²) in [6, 6.07) is 11.4. The quantitative estimate of drug-likeness (QED) is 0.672. The first kappa shape index (κ1) is 13.5. The summed E-state index contributed by atoms with van der Waals surface area (Å²) >= 11 is 1.65. The molecule has 2 N–H and O–H groups in total. The number of hydrogen-bond acceptors (Lipinski definition) is 5. The van der Waals surface area contributed by atoms with Crippen LogP contribution in [0, 0.1) is 0 Å². The van der Waals surface area contributed by atoms with Gasteiger partial charge in [0.2, 0.25) is 5.88 Å². The van der Waals surface area contributed by atoms with E-state index in [2.05, 4.69) is 4.98 Å². The lowest BCUT2D eigenvalue weighted by Crippen LogP contribution is -1.93. The number of benzene rings is 1. The summed E-state index contributed by atoms with van der Waals surface area (Å²) in [6.45, 7) is 0. The normalized spacial score (nSPS) is 10.2. The molecule has 2 rings (SSSR count). The predicted molar refractivity (Wildman–Crippen MR) is 77.8 cm³/mol. The number of thioether (sulfide) groups is 1. The fraction of sp³-hybridized carbons (Fsp3) is 0.214. The van der Waals surface area contributed by atoms with Crippen LogP contribution in [-0.2, 0) is 5.75 Å². The highest BCUT2D eigenvalue weighted by Gasteiger charge is 2.05. The number of methoxy groups -OCH3 is 2. The second kappa shape index (κ2) is 6.33. The highest BCUT2D eigenvalue weighted by atomic mass is 32.2. The van der Waals surface area contributed by atoms with Gasteiger partial charge >= 0.3 is 0 Å². The molecule has 0 radical (unpaired) electrons. The first-order valence-corrected chi connectivity index (χ1v) is 6.77. The number of nitrogen functional groups attached to an aromatic ring is 1. The van der Waals surface area contributed by atoms with Crippen LogP contribution in [0.1, 0.15) is 5.69 Å². The molecule has 0 bridgehead atoms. The van der Waals surface area contributed by atoms with Crippen LogP contribution in [0.3, 0.4) is 0 Å². The molecule has 0 amide bonds. The molecule has 0 saturated carbocycles. The molecule has 4 nitrogen and oxygen atoms in total. The Labute approximate surface area is 116 Å². The summed E-state index contributed by atoms with van der Waals surface area (Å²) in [5, 5.41) is 0. The third kappa shape index (κ3) is 3.54. The molecule has 1 aromatic heterocycles. The number of ether oxygens (including phenoxy) is 2. The third-order valence-corrected chi connectivity index (χ3v) is 3.64. The van der Waals surface area contributed by atoms with Gasteiger partial charge in [-0.25, -0.2) is 4.98 Å². The van der Waals surface area contributed by atoms with E-state index in [0.717, 1.165) is 22.1 Å². The lowest BCUT2D eigenvalue weighted by Gasteiger charge is -2.09. The number of pyridine rings is 1. The molecule has 0 aliphatic rings. The van der Waals surface area contributed by atoms with Crippen molar-refractivity contribution >= 4 is 17.4 Å². The van der Waals surface area contributed by atoms with Crippen molar-refractivity contribution in [1.29, 1.82) is 0 Å². The van der Waals surface area contributed by atoms with Gasteiger partial charge in [0, 0.05) is 28.5 Å². The summed E-state index contributed by atoms with van der Waals surface area (Å²) in [6.07, 6.45) is 0. The molecular weight excluding hydrogens is 260 g/mol. The average molecular weight is 276 g/mol. The van der Waals surface area contributed by atoms with E-state index in [1.165, 1.54) is 0 Å². The van der Waals surface area contributed by atoms with E-state index in [-0.39, 0.29) is 0 Å². The van der Waals surface area contributed by atoms with Crippen LogP contribution in [0.5, 0.6) is 11.6 Å². The van der Waals surface area contributed by atoms with E-state index in [1.807, 2.05) is 36.4 Å². The van der Waals surface area contributed by atoms with E-state index in [0.29, 0.717) is 11.6 Å². The molecule has 0 aliphatic carbocycles. The zero-order valence-corrected chi connectivity index (χ0v) is 11.7. The summed E-state index contributed by atoms with van der Waals surface area (Å²) in [5.41, 5.74) is 7.39. The van der Waals surface area contributed by atoms with Crippen molar-refractivity contribution in [3.05, 3.63) is 42.1 Å². The van der Waals surface area contributed by atoms with Gasteiger partial charge in [-0.05, 0) is 18.2 Å². The summed E-state index contributed by atoms with van der Waals surface area (Å²) in [4.78, 5) is 5.41. The van der Waals surface area contributed by atoms with E-state index in [1.54, 1.807) is 26.0 Å². The number of hydrogen-bond donors (Lipinski definition) is 1. The lowest BCUT2D eigenvalue weighted by atomic mass is 10.3. The van der Waals surface area contributed by atoms with Crippen LogP contribution in [0.2, 0.25) is 0 Å².